The molecule has 1 aliphatic heterocycles. The van der Waals surface area contributed by atoms with E-state index in [2.05, 4.69) is 37.6 Å². The van der Waals surface area contributed by atoms with E-state index in [1.165, 1.54) is 0 Å². The SMILES string of the molecule is CC(C)CN(CC(C)C)C(=O)c1ccc2nc(Nc3ccc4c(c3)OCO4)n(CCCN)c2c1. The van der Waals surface area contributed by atoms with E-state index >= 15 is 0 Å². The largest absolute Gasteiger partial charge is 0.454 e. The van der Waals surface area contributed by atoms with Gasteiger partial charge in [0.1, 0.15) is 0 Å². The van der Waals surface area contributed by atoms with Gasteiger partial charge in [0, 0.05) is 37.0 Å². The van der Waals surface area contributed by atoms with E-state index in [0.29, 0.717) is 42.2 Å². The third-order valence-corrected chi connectivity index (χ3v) is 5.67. The van der Waals surface area contributed by atoms with Gasteiger partial charge in [-0.3, -0.25) is 4.79 Å². The minimum Gasteiger partial charge on any atom is -0.454 e. The van der Waals surface area contributed by atoms with Crippen LogP contribution in [0.25, 0.3) is 11.0 Å². The third-order valence-electron chi connectivity index (χ3n) is 5.67. The summed E-state index contributed by atoms with van der Waals surface area (Å²) < 4.78 is 13.0. The minimum absolute atomic E-state index is 0.0566. The number of carbonyl (C=O) groups excluding carboxylic acids is 1. The Kier molecular flexibility index (Phi) is 7.26. The van der Waals surface area contributed by atoms with Gasteiger partial charge in [0.2, 0.25) is 12.7 Å². The highest BCUT2D eigenvalue weighted by molar-refractivity contribution is 5.98. The summed E-state index contributed by atoms with van der Waals surface area (Å²) >= 11 is 0. The van der Waals surface area contributed by atoms with E-state index in [1.807, 2.05) is 41.3 Å². The maximum Gasteiger partial charge on any atom is 0.253 e. The van der Waals surface area contributed by atoms with Crippen LogP contribution in [-0.2, 0) is 6.54 Å². The van der Waals surface area contributed by atoms with Crippen molar-refractivity contribution in [3.63, 3.8) is 0 Å². The average molecular weight is 466 g/mol. The Bertz CT molecular complexity index is 1140. The molecular formula is C26H35N5O3. The molecule has 1 aliphatic rings. The fraction of sp³-hybridized carbons (Fsp3) is 0.462. The molecule has 0 bridgehead atoms. The molecule has 2 aromatic carbocycles. The molecule has 3 N–H and O–H groups in total. The van der Waals surface area contributed by atoms with E-state index in [4.69, 9.17) is 20.2 Å². The number of amides is 1. The van der Waals surface area contributed by atoms with Crippen molar-refractivity contribution < 1.29 is 14.3 Å². The Morgan fingerprint density at radius 1 is 1.09 bits per heavy atom. The van der Waals surface area contributed by atoms with Gasteiger partial charge in [-0.25, -0.2) is 4.98 Å². The van der Waals surface area contributed by atoms with Gasteiger partial charge in [0.15, 0.2) is 11.5 Å². The van der Waals surface area contributed by atoms with Crippen molar-refractivity contribution in [1.29, 1.82) is 0 Å². The number of aryl methyl sites for hydroxylation is 1. The predicted octanol–water partition coefficient (Wildman–Crippen LogP) is 4.61. The fourth-order valence-electron chi connectivity index (χ4n) is 4.23. The van der Waals surface area contributed by atoms with Crippen molar-refractivity contribution in [1.82, 2.24) is 14.5 Å². The van der Waals surface area contributed by atoms with E-state index in [-0.39, 0.29) is 12.7 Å². The highest BCUT2D eigenvalue weighted by atomic mass is 16.7. The fourth-order valence-corrected chi connectivity index (χ4v) is 4.23. The summed E-state index contributed by atoms with van der Waals surface area (Å²) in [5.41, 5.74) is 9.09. The maximum atomic E-state index is 13.4. The quantitative estimate of drug-likeness (QED) is 0.454. The van der Waals surface area contributed by atoms with Gasteiger partial charge >= 0.3 is 0 Å². The molecule has 8 heteroatoms. The van der Waals surface area contributed by atoms with Crippen LogP contribution >= 0.6 is 0 Å². The molecule has 0 unspecified atom stereocenters. The molecule has 3 aromatic rings. The normalized spacial score (nSPS) is 12.7. The Labute approximate surface area is 201 Å². The van der Waals surface area contributed by atoms with Crippen LogP contribution in [0.2, 0.25) is 0 Å². The Morgan fingerprint density at radius 3 is 2.53 bits per heavy atom. The zero-order chi connectivity index (χ0) is 24.2. The minimum atomic E-state index is 0.0566. The molecule has 0 fully saturated rings. The number of nitrogens with two attached hydrogens (primary N) is 1. The summed E-state index contributed by atoms with van der Waals surface area (Å²) in [5.74, 6) is 3.00. The molecule has 0 radical (unpaired) electrons. The molecule has 0 saturated heterocycles. The molecule has 0 aliphatic carbocycles. The smallest absolute Gasteiger partial charge is 0.253 e. The van der Waals surface area contributed by atoms with Crippen molar-refractivity contribution in [2.45, 2.75) is 40.7 Å². The summed E-state index contributed by atoms with van der Waals surface area (Å²) in [5, 5.41) is 3.40. The van der Waals surface area contributed by atoms with E-state index in [0.717, 1.165) is 42.0 Å². The van der Waals surface area contributed by atoms with Gasteiger partial charge < -0.3 is 30.0 Å². The summed E-state index contributed by atoms with van der Waals surface area (Å²) in [6.45, 7) is 11.5. The second kappa shape index (κ2) is 10.3. The first-order valence-electron chi connectivity index (χ1n) is 12.0. The van der Waals surface area contributed by atoms with Crippen molar-refractivity contribution >= 4 is 28.6 Å². The molecule has 1 amide bonds. The van der Waals surface area contributed by atoms with Gasteiger partial charge in [0.25, 0.3) is 5.91 Å². The third kappa shape index (κ3) is 5.28. The van der Waals surface area contributed by atoms with Crippen LogP contribution in [-0.4, -0.2) is 46.8 Å². The lowest BCUT2D eigenvalue weighted by Gasteiger charge is -2.26. The summed E-state index contributed by atoms with van der Waals surface area (Å²) in [6.07, 6.45) is 0.798. The van der Waals surface area contributed by atoms with Crippen LogP contribution in [0.15, 0.2) is 36.4 Å². The summed E-state index contributed by atoms with van der Waals surface area (Å²) in [6, 6.07) is 11.5. The number of nitrogens with zero attached hydrogens (tertiary/aromatic N) is 3. The van der Waals surface area contributed by atoms with Crippen molar-refractivity contribution in [3.05, 3.63) is 42.0 Å². The number of anilines is 2. The highest BCUT2D eigenvalue weighted by Crippen LogP contribution is 2.35. The first-order valence-corrected chi connectivity index (χ1v) is 12.0. The van der Waals surface area contributed by atoms with Gasteiger partial charge in [-0.1, -0.05) is 27.7 Å². The summed E-state index contributed by atoms with van der Waals surface area (Å²) in [7, 11) is 0. The lowest BCUT2D eigenvalue weighted by molar-refractivity contribution is 0.0715. The number of imidazole rings is 1. The Balaban J connectivity index is 1.67. The van der Waals surface area contributed by atoms with Gasteiger partial charge in [-0.05, 0) is 55.1 Å². The molecule has 0 spiro atoms. The molecule has 182 valence electrons. The van der Waals surface area contributed by atoms with Crippen molar-refractivity contribution in [2.24, 2.45) is 17.6 Å². The van der Waals surface area contributed by atoms with Crippen molar-refractivity contribution in [3.8, 4) is 11.5 Å². The van der Waals surface area contributed by atoms with Gasteiger partial charge in [0.05, 0.1) is 11.0 Å². The number of rotatable bonds is 10. The second-order valence-electron chi connectivity index (χ2n) is 9.62. The number of fused-ring (bicyclic) bond motifs is 2. The van der Waals surface area contributed by atoms with Gasteiger partial charge in [-0.2, -0.15) is 0 Å². The Hall–Kier alpha value is -3.26. The Morgan fingerprint density at radius 2 is 1.82 bits per heavy atom. The van der Waals surface area contributed by atoms with Crippen LogP contribution < -0.4 is 20.5 Å². The van der Waals surface area contributed by atoms with Crippen LogP contribution in [0.5, 0.6) is 11.5 Å². The monoisotopic (exact) mass is 465 g/mol. The molecule has 1 aromatic heterocycles. The number of ether oxygens (including phenoxy) is 2. The summed E-state index contributed by atoms with van der Waals surface area (Å²) in [4.78, 5) is 20.2. The lowest BCUT2D eigenvalue weighted by atomic mass is 10.1. The lowest BCUT2D eigenvalue weighted by Crippen LogP contribution is -2.37. The number of nitrogens with one attached hydrogen (secondary N) is 1. The average Bonchev–Trinajstić information content (AvgIpc) is 3.39. The first-order chi connectivity index (χ1) is 16.4. The van der Waals surface area contributed by atoms with Crippen LogP contribution in [0.3, 0.4) is 0 Å². The molecule has 8 nitrogen and oxygen atoms in total. The molecule has 34 heavy (non-hydrogen) atoms. The predicted molar refractivity (Wildman–Crippen MR) is 135 cm³/mol. The molecular weight excluding hydrogens is 430 g/mol. The van der Waals surface area contributed by atoms with Crippen LogP contribution in [0, 0.1) is 11.8 Å². The van der Waals surface area contributed by atoms with Crippen LogP contribution in [0.1, 0.15) is 44.5 Å². The molecule has 2 heterocycles. The number of hydrogen-bond acceptors (Lipinski definition) is 6. The second-order valence-corrected chi connectivity index (χ2v) is 9.62. The maximum absolute atomic E-state index is 13.4. The van der Waals surface area contributed by atoms with E-state index in [9.17, 15) is 4.79 Å². The number of carbonyl (C=O) groups is 1. The number of aromatic nitrogens is 2. The van der Waals surface area contributed by atoms with Crippen LogP contribution in [0.4, 0.5) is 11.6 Å². The zero-order valence-corrected chi connectivity index (χ0v) is 20.5. The topological polar surface area (TPSA) is 94.6 Å². The molecule has 0 saturated carbocycles. The van der Waals surface area contributed by atoms with Gasteiger partial charge in [-0.15, -0.1) is 0 Å². The van der Waals surface area contributed by atoms with Crippen molar-refractivity contribution in [2.75, 3.05) is 31.7 Å². The van der Waals surface area contributed by atoms with E-state index < -0.39 is 0 Å². The van der Waals surface area contributed by atoms with E-state index in [1.54, 1.807) is 0 Å². The number of hydrogen-bond donors (Lipinski definition) is 2. The molecule has 0 atom stereocenters. The standard InChI is InChI=1S/C26H35N5O3/c1-17(2)14-30(15-18(3)4)25(32)19-6-8-21-22(12-19)31(11-5-10-27)26(29-21)28-20-7-9-23-24(13-20)34-16-33-23/h6-9,12-13,17-18H,5,10-11,14-16,27H2,1-4H3,(H,28,29). The first kappa shape index (κ1) is 23.9. The zero-order valence-electron chi connectivity index (χ0n) is 20.5. The molecule has 4 rings (SSSR count). The number of benzene rings is 2. The highest BCUT2D eigenvalue weighted by Gasteiger charge is 2.21.